The third-order valence-electron chi connectivity index (χ3n) is 1.60. The average molecular weight is 222 g/mol. The summed E-state index contributed by atoms with van der Waals surface area (Å²) in [6, 6.07) is 0.930. The van der Waals surface area contributed by atoms with E-state index in [4.69, 9.17) is 16.7 Å². The Kier molecular flexibility index (Phi) is 3.35. The second kappa shape index (κ2) is 4.32. The Bertz CT molecular complexity index is 357. The number of hydrogen-bond donors (Lipinski definition) is 1. The molecule has 0 aliphatic rings. The van der Waals surface area contributed by atoms with E-state index < -0.39 is 17.9 Å². The van der Waals surface area contributed by atoms with Gasteiger partial charge >= 0.3 is 0 Å². The average Bonchev–Trinajstić information content (AvgIpc) is 2.16. The number of carbonyl (C=O) groups is 1. The van der Waals surface area contributed by atoms with Crippen LogP contribution in [0.5, 0.6) is 5.75 Å². The Morgan fingerprint density at radius 3 is 2.71 bits per heavy atom. The van der Waals surface area contributed by atoms with Crippen molar-refractivity contribution in [1.29, 1.82) is 0 Å². The molecule has 1 heterocycles. The molecule has 0 spiro atoms. The number of aromatic hydroxyl groups is 1. The van der Waals surface area contributed by atoms with E-state index in [0.29, 0.717) is 6.29 Å². The van der Waals surface area contributed by atoms with Gasteiger partial charge in [0.2, 0.25) is 0 Å². The number of hydrogen-bond acceptors (Lipinski definition) is 3. The zero-order valence-corrected chi connectivity index (χ0v) is 7.63. The highest BCUT2D eigenvalue weighted by atomic mass is 35.5. The van der Waals surface area contributed by atoms with Crippen LogP contribution >= 0.6 is 11.6 Å². The van der Waals surface area contributed by atoms with Gasteiger partial charge in [0.15, 0.2) is 6.29 Å². The van der Waals surface area contributed by atoms with Crippen LogP contribution in [0.1, 0.15) is 28.2 Å². The van der Waals surface area contributed by atoms with Crippen molar-refractivity contribution in [2.45, 2.75) is 12.3 Å². The molecule has 76 valence electrons. The van der Waals surface area contributed by atoms with E-state index in [1.807, 2.05) is 0 Å². The summed E-state index contributed by atoms with van der Waals surface area (Å²) >= 11 is 5.39. The van der Waals surface area contributed by atoms with Crippen molar-refractivity contribution in [3.05, 3.63) is 23.0 Å². The second-order valence-electron chi connectivity index (χ2n) is 2.48. The van der Waals surface area contributed by atoms with Gasteiger partial charge in [0.05, 0.1) is 11.6 Å². The molecule has 0 aromatic carbocycles. The lowest BCUT2D eigenvalue weighted by Gasteiger charge is -2.06. The van der Waals surface area contributed by atoms with Gasteiger partial charge in [-0.25, -0.2) is 13.8 Å². The van der Waals surface area contributed by atoms with Crippen LogP contribution in [0.15, 0.2) is 6.07 Å². The molecule has 3 nitrogen and oxygen atoms in total. The molecule has 0 fully saturated rings. The van der Waals surface area contributed by atoms with Gasteiger partial charge < -0.3 is 5.11 Å². The summed E-state index contributed by atoms with van der Waals surface area (Å²) in [6.07, 6.45) is -2.49. The van der Waals surface area contributed by atoms with Crippen LogP contribution in [0.2, 0.25) is 0 Å². The van der Waals surface area contributed by atoms with Crippen LogP contribution in [0.25, 0.3) is 0 Å². The van der Waals surface area contributed by atoms with Crippen LogP contribution in [0.3, 0.4) is 0 Å². The van der Waals surface area contributed by atoms with E-state index in [-0.39, 0.29) is 17.1 Å². The number of aldehydes is 1. The van der Waals surface area contributed by atoms with Crippen molar-refractivity contribution >= 4 is 17.9 Å². The van der Waals surface area contributed by atoms with Crippen molar-refractivity contribution in [3.63, 3.8) is 0 Å². The summed E-state index contributed by atoms with van der Waals surface area (Å²) < 4.78 is 24.5. The summed E-state index contributed by atoms with van der Waals surface area (Å²) in [5.41, 5.74) is -0.706. The van der Waals surface area contributed by atoms with Gasteiger partial charge in [0.25, 0.3) is 6.43 Å². The molecule has 0 radical (unpaired) electrons. The quantitative estimate of drug-likeness (QED) is 0.629. The first-order valence-corrected chi connectivity index (χ1v) is 4.15. The standard InChI is InChI=1S/C8H6ClF2NO2/c9-2-5-4(3-13)1-6(14)7(12-5)8(10)11/h1,3,8,14H,2H2. The van der Waals surface area contributed by atoms with Crippen LogP contribution < -0.4 is 0 Å². The summed E-state index contributed by atoms with van der Waals surface area (Å²) in [5, 5.41) is 9.07. The zero-order chi connectivity index (χ0) is 10.7. The van der Waals surface area contributed by atoms with Gasteiger partial charge in [-0.3, -0.25) is 4.79 Å². The maximum atomic E-state index is 12.2. The highest BCUT2D eigenvalue weighted by Crippen LogP contribution is 2.28. The molecule has 6 heteroatoms. The minimum absolute atomic E-state index is 0.0156. The molecule has 0 amide bonds. The minimum atomic E-state index is -2.89. The molecule has 1 aromatic heterocycles. The third kappa shape index (κ3) is 1.98. The number of alkyl halides is 3. The van der Waals surface area contributed by atoms with Gasteiger partial charge in [-0.1, -0.05) is 0 Å². The van der Waals surface area contributed by atoms with Crippen LogP contribution in [-0.2, 0) is 5.88 Å². The lowest BCUT2D eigenvalue weighted by atomic mass is 10.2. The molecule has 1 N–H and O–H groups in total. The highest BCUT2D eigenvalue weighted by Gasteiger charge is 2.17. The Hall–Kier alpha value is -1.23. The lowest BCUT2D eigenvalue weighted by Crippen LogP contribution is -2.00. The van der Waals surface area contributed by atoms with Gasteiger partial charge in [-0.2, -0.15) is 0 Å². The topological polar surface area (TPSA) is 50.2 Å². The largest absolute Gasteiger partial charge is 0.506 e. The monoisotopic (exact) mass is 221 g/mol. The lowest BCUT2D eigenvalue weighted by molar-refractivity contribution is 0.111. The van der Waals surface area contributed by atoms with Crippen molar-refractivity contribution in [2.24, 2.45) is 0 Å². The number of pyridine rings is 1. The first-order valence-electron chi connectivity index (χ1n) is 3.62. The summed E-state index contributed by atoms with van der Waals surface area (Å²) in [6.45, 7) is 0. The molecule has 0 bridgehead atoms. The predicted octanol–water partition coefficient (Wildman–Crippen LogP) is 2.28. The zero-order valence-electron chi connectivity index (χ0n) is 6.88. The summed E-state index contributed by atoms with van der Waals surface area (Å²) in [4.78, 5) is 13.8. The Balaban J connectivity index is 3.30. The van der Waals surface area contributed by atoms with E-state index in [9.17, 15) is 13.6 Å². The maximum Gasteiger partial charge on any atom is 0.284 e. The minimum Gasteiger partial charge on any atom is -0.506 e. The molecule has 1 rings (SSSR count). The van der Waals surface area contributed by atoms with E-state index in [0.717, 1.165) is 6.07 Å². The molecule has 0 atom stereocenters. The normalized spacial score (nSPS) is 10.6. The Labute approximate surface area is 83.3 Å². The molecule has 1 aromatic rings. The van der Waals surface area contributed by atoms with Crippen molar-refractivity contribution in [2.75, 3.05) is 0 Å². The fourth-order valence-electron chi connectivity index (χ4n) is 0.941. The molecule has 14 heavy (non-hydrogen) atoms. The number of rotatable bonds is 3. The number of carbonyl (C=O) groups excluding carboxylic acids is 1. The molecule has 0 unspecified atom stereocenters. The maximum absolute atomic E-state index is 12.2. The van der Waals surface area contributed by atoms with Crippen molar-refractivity contribution < 1.29 is 18.7 Å². The van der Waals surface area contributed by atoms with E-state index in [2.05, 4.69) is 4.98 Å². The van der Waals surface area contributed by atoms with Crippen molar-refractivity contribution in [3.8, 4) is 5.75 Å². The highest BCUT2D eigenvalue weighted by molar-refractivity contribution is 6.17. The van der Waals surface area contributed by atoms with Crippen LogP contribution in [0, 0.1) is 0 Å². The first kappa shape index (κ1) is 10.8. The molecule has 0 saturated heterocycles. The Morgan fingerprint density at radius 2 is 2.29 bits per heavy atom. The molecule has 0 saturated carbocycles. The molecule has 0 aliphatic heterocycles. The van der Waals surface area contributed by atoms with Crippen LogP contribution in [0.4, 0.5) is 8.78 Å². The fourth-order valence-corrected chi connectivity index (χ4v) is 1.16. The van der Waals surface area contributed by atoms with E-state index in [1.54, 1.807) is 0 Å². The molecular weight excluding hydrogens is 216 g/mol. The van der Waals surface area contributed by atoms with Gasteiger partial charge in [0.1, 0.15) is 11.4 Å². The van der Waals surface area contributed by atoms with Gasteiger partial charge in [-0.15, -0.1) is 11.6 Å². The van der Waals surface area contributed by atoms with Gasteiger partial charge in [-0.05, 0) is 6.07 Å². The molecule has 0 aliphatic carbocycles. The summed E-state index contributed by atoms with van der Waals surface area (Å²) in [7, 11) is 0. The SMILES string of the molecule is O=Cc1cc(O)c(C(F)F)nc1CCl. The summed E-state index contributed by atoms with van der Waals surface area (Å²) in [5.74, 6) is -0.857. The third-order valence-corrected chi connectivity index (χ3v) is 1.86. The first-order chi connectivity index (χ1) is 6.60. The van der Waals surface area contributed by atoms with E-state index >= 15 is 0 Å². The van der Waals surface area contributed by atoms with Gasteiger partial charge in [0, 0.05) is 5.56 Å². The van der Waals surface area contributed by atoms with Crippen LogP contribution in [-0.4, -0.2) is 16.4 Å². The number of nitrogens with zero attached hydrogens (tertiary/aromatic N) is 1. The fraction of sp³-hybridized carbons (Fsp3) is 0.250. The van der Waals surface area contributed by atoms with E-state index in [1.165, 1.54) is 0 Å². The van der Waals surface area contributed by atoms with Crippen molar-refractivity contribution in [1.82, 2.24) is 4.98 Å². The predicted molar refractivity (Wildman–Crippen MR) is 45.8 cm³/mol. The number of aromatic nitrogens is 1. The smallest absolute Gasteiger partial charge is 0.284 e. The molecular formula is C8H6ClF2NO2. The second-order valence-corrected chi connectivity index (χ2v) is 2.75. The Morgan fingerprint density at radius 1 is 1.64 bits per heavy atom. The number of halogens is 3.